The highest BCUT2D eigenvalue weighted by atomic mass is 15.2. The molecule has 1 aromatic heterocycles. The minimum absolute atomic E-state index is 0.00333. The fourth-order valence-corrected chi connectivity index (χ4v) is 8.63. The highest BCUT2D eigenvalue weighted by molar-refractivity contribution is 7.01. The van der Waals surface area contributed by atoms with Crippen molar-refractivity contribution in [3.05, 3.63) is 206 Å². The molecular formula is C51H34BN5. The van der Waals surface area contributed by atoms with Gasteiger partial charge in [-0.3, -0.25) is 0 Å². The molecule has 0 unspecified atom stereocenters. The van der Waals surface area contributed by atoms with Gasteiger partial charge in [0.2, 0.25) is 0 Å². The molecule has 0 bridgehead atoms. The van der Waals surface area contributed by atoms with Gasteiger partial charge in [-0.05, 0) is 76.0 Å². The molecule has 0 saturated carbocycles. The topological polar surface area (TPSA) is 45.2 Å². The van der Waals surface area contributed by atoms with E-state index in [9.17, 15) is 0 Å². The molecule has 0 saturated heterocycles. The maximum Gasteiger partial charge on any atom is 0.252 e. The van der Waals surface area contributed by atoms with E-state index in [0.717, 1.165) is 33.6 Å². The molecule has 0 radical (unpaired) electrons. The predicted octanol–water partition coefficient (Wildman–Crippen LogP) is 10.6. The Morgan fingerprint density at radius 2 is 0.684 bits per heavy atom. The van der Waals surface area contributed by atoms with E-state index in [0.29, 0.717) is 17.5 Å². The number of fused-ring (bicyclic) bond motifs is 4. The first-order valence-corrected chi connectivity index (χ1v) is 19.3. The van der Waals surface area contributed by atoms with E-state index < -0.39 is 0 Å². The third-order valence-corrected chi connectivity index (χ3v) is 11.1. The Kier molecular flexibility index (Phi) is 7.85. The van der Waals surface area contributed by atoms with Gasteiger partial charge in [0.25, 0.3) is 6.71 Å². The van der Waals surface area contributed by atoms with Gasteiger partial charge in [0.1, 0.15) is 0 Å². The van der Waals surface area contributed by atoms with Gasteiger partial charge in [-0.2, -0.15) is 0 Å². The van der Waals surface area contributed by atoms with Crippen LogP contribution in [0.15, 0.2) is 206 Å². The van der Waals surface area contributed by atoms with Crippen LogP contribution >= 0.6 is 0 Å². The van der Waals surface area contributed by atoms with Gasteiger partial charge in [0.05, 0.1) is 0 Å². The number of nitrogens with zero attached hydrogens (tertiary/aromatic N) is 5. The fraction of sp³-hybridized carbons (Fsp3) is 0. The van der Waals surface area contributed by atoms with Crippen molar-refractivity contribution in [3.63, 3.8) is 0 Å². The van der Waals surface area contributed by atoms with Crippen LogP contribution in [0.5, 0.6) is 0 Å². The van der Waals surface area contributed by atoms with Gasteiger partial charge < -0.3 is 9.80 Å². The number of hydrogen-bond acceptors (Lipinski definition) is 5. The third-order valence-electron chi connectivity index (χ3n) is 11.1. The van der Waals surface area contributed by atoms with Crippen LogP contribution in [0.3, 0.4) is 0 Å². The molecule has 0 atom stereocenters. The number of benzene rings is 8. The Labute approximate surface area is 332 Å². The molecule has 0 N–H and O–H groups in total. The zero-order valence-corrected chi connectivity index (χ0v) is 30.9. The summed E-state index contributed by atoms with van der Waals surface area (Å²) in [7, 11) is 0. The molecule has 0 spiro atoms. The Balaban J connectivity index is 1.09. The van der Waals surface area contributed by atoms with Crippen LogP contribution in [-0.4, -0.2) is 21.7 Å². The van der Waals surface area contributed by atoms with Crippen molar-refractivity contribution >= 4 is 57.2 Å². The summed E-state index contributed by atoms with van der Waals surface area (Å²) >= 11 is 0. The summed E-state index contributed by atoms with van der Waals surface area (Å²) in [6, 6.07) is 72.9. The normalized spacial score (nSPS) is 12.5. The molecule has 2 aliphatic heterocycles. The van der Waals surface area contributed by atoms with Crippen molar-refractivity contribution < 1.29 is 0 Å². The molecule has 0 amide bonds. The van der Waals surface area contributed by atoms with Crippen LogP contribution in [0.2, 0.25) is 0 Å². The van der Waals surface area contributed by atoms with Gasteiger partial charge in [-0.25, -0.2) is 15.0 Å². The summed E-state index contributed by atoms with van der Waals surface area (Å²) in [4.78, 5) is 19.8. The van der Waals surface area contributed by atoms with E-state index in [4.69, 9.17) is 15.0 Å². The van der Waals surface area contributed by atoms with Gasteiger partial charge in [-0.15, -0.1) is 0 Å². The van der Waals surface area contributed by atoms with Crippen molar-refractivity contribution in [3.8, 4) is 45.3 Å². The lowest BCUT2D eigenvalue weighted by Crippen LogP contribution is -2.61. The van der Waals surface area contributed by atoms with E-state index in [1.807, 2.05) is 60.7 Å². The van der Waals surface area contributed by atoms with E-state index in [2.05, 4.69) is 155 Å². The SMILES string of the molecule is c1ccc(-c2nc(-c3ccccc3)nc(-c3ccc(-c4cccc5c4B4c6ccccc6N(c6ccccc6)c6cccc(c64)N5c4ccccc4)cc3)n2)cc1. The zero-order valence-electron chi connectivity index (χ0n) is 30.9. The molecule has 11 rings (SSSR count). The maximum absolute atomic E-state index is 5.01. The first-order chi connectivity index (χ1) is 28.3. The van der Waals surface area contributed by atoms with Crippen molar-refractivity contribution in [2.24, 2.45) is 0 Å². The highest BCUT2D eigenvalue weighted by Gasteiger charge is 2.44. The van der Waals surface area contributed by atoms with E-state index in [-0.39, 0.29) is 6.71 Å². The number of rotatable bonds is 6. The first kappa shape index (κ1) is 32.8. The molecule has 0 aliphatic carbocycles. The number of aromatic nitrogens is 3. The number of para-hydroxylation sites is 3. The second kappa shape index (κ2) is 13.6. The summed E-state index contributed by atoms with van der Waals surface area (Å²) in [5, 5.41) is 0. The second-order valence-corrected chi connectivity index (χ2v) is 14.4. The van der Waals surface area contributed by atoms with Crippen LogP contribution in [-0.2, 0) is 0 Å². The minimum atomic E-state index is 0.00333. The average Bonchev–Trinajstić information content (AvgIpc) is 3.30. The molecule has 3 heterocycles. The first-order valence-electron chi connectivity index (χ1n) is 19.3. The second-order valence-electron chi connectivity index (χ2n) is 14.4. The molecule has 2 aliphatic rings. The van der Waals surface area contributed by atoms with Gasteiger partial charge in [-0.1, -0.05) is 158 Å². The summed E-state index contributed by atoms with van der Waals surface area (Å²) in [5.74, 6) is 1.94. The van der Waals surface area contributed by atoms with E-state index in [1.165, 1.54) is 44.7 Å². The Bertz CT molecular complexity index is 2830. The molecule has 5 nitrogen and oxygen atoms in total. The summed E-state index contributed by atoms with van der Waals surface area (Å²) in [6.07, 6.45) is 0. The number of anilines is 6. The van der Waals surface area contributed by atoms with Crippen LogP contribution in [0.25, 0.3) is 45.3 Å². The largest absolute Gasteiger partial charge is 0.311 e. The Morgan fingerprint density at radius 3 is 1.23 bits per heavy atom. The van der Waals surface area contributed by atoms with Crippen LogP contribution < -0.4 is 26.2 Å². The average molecular weight is 728 g/mol. The lowest BCUT2D eigenvalue weighted by atomic mass is 9.32. The molecule has 8 aromatic carbocycles. The van der Waals surface area contributed by atoms with Crippen molar-refractivity contribution in [2.45, 2.75) is 0 Å². The number of hydrogen-bond donors (Lipinski definition) is 0. The van der Waals surface area contributed by atoms with E-state index in [1.54, 1.807) is 0 Å². The molecule has 6 heteroatoms. The minimum Gasteiger partial charge on any atom is -0.311 e. The van der Waals surface area contributed by atoms with Gasteiger partial charge >= 0.3 is 0 Å². The van der Waals surface area contributed by atoms with E-state index >= 15 is 0 Å². The standard InChI is InChI=1S/C51H34BN5/c1-5-17-36(18-6-1)49-53-50(37-19-7-2-8-20-37)55-51(54-49)38-33-31-35(32-34-38)41-25-15-28-44-47(41)52-42-26-13-14-27-43(42)56(39-21-9-3-10-22-39)45-29-16-30-46(48(45)52)57(44)40-23-11-4-12-24-40/h1-34H. The zero-order chi connectivity index (χ0) is 37.7. The van der Waals surface area contributed by atoms with Crippen molar-refractivity contribution in [1.29, 1.82) is 0 Å². The molecular weight excluding hydrogens is 693 g/mol. The summed E-state index contributed by atoms with van der Waals surface area (Å²) in [5.41, 5.74) is 16.1. The summed E-state index contributed by atoms with van der Waals surface area (Å²) in [6.45, 7) is 0.00333. The van der Waals surface area contributed by atoms with Crippen molar-refractivity contribution in [1.82, 2.24) is 15.0 Å². The van der Waals surface area contributed by atoms with Crippen LogP contribution in [0.4, 0.5) is 34.1 Å². The smallest absolute Gasteiger partial charge is 0.252 e. The maximum atomic E-state index is 5.01. The monoisotopic (exact) mass is 727 g/mol. The third kappa shape index (κ3) is 5.53. The van der Waals surface area contributed by atoms with Crippen LogP contribution in [0, 0.1) is 0 Å². The van der Waals surface area contributed by atoms with Gasteiger partial charge in [0.15, 0.2) is 17.5 Å². The quantitative estimate of drug-likeness (QED) is 0.160. The molecule has 57 heavy (non-hydrogen) atoms. The highest BCUT2D eigenvalue weighted by Crippen LogP contribution is 2.44. The predicted molar refractivity (Wildman–Crippen MR) is 236 cm³/mol. The lowest BCUT2D eigenvalue weighted by Gasteiger charge is -2.44. The lowest BCUT2D eigenvalue weighted by molar-refractivity contribution is 1.07. The molecule has 0 fully saturated rings. The van der Waals surface area contributed by atoms with Gasteiger partial charge in [0, 0.05) is 50.8 Å². The summed E-state index contributed by atoms with van der Waals surface area (Å²) < 4.78 is 0. The van der Waals surface area contributed by atoms with Crippen LogP contribution in [0.1, 0.15) is 0 Å². The fourth-order valence-electron chi connectivity index (χ4n) is 8.63. The Morgan fingerprint density at radius 1 is 0.298 bits per heavy atom. The Hall–Kier alpha value is -7.57. The van der Waals surface area contributed by atoms with Crippen molar-refractivity contribution in [2.75, 3.05) is 9.80 Å². The molecule has 266 valence electrons. The molecule has 9 aromatic rings.